The summed E-state index contributed by atoms with van der Waals surface area (Å²) in [4.78, 5) is 0. The van der Waals surface area contributed by atoms with Gasteiger partial charge in [-0.3, -0.25) is 0 Å². The molecule has 0 radical (unpaired) electrons. The summed E-state index contributed by atoms with van der Waals surface area (Å²) < 4.78 is 0. The van der Waals surface area contributed by atoms with Crippen LogP contribution in [0.3, 0.4) is 0 Å². The molecule has 0 unspecified atom stereocenters. The Morgan fingerprint density at radius 3 is 1.58 bits per heavy atom. The molecule has 0 aliphatic heterocycles. The molecule has 1 saturated carbocycles. The third-order valence-electron chi connectivity index (χ3n) is 7.21. The summed E-state index contributed by atoms with van der Waals surface area (Å²) in [6, 6.07) is 29.7. The third-order valence-corrected chi connectivity index (χ3v) is 7.21. The molecule has 4 rings (SSSR count). The Morgan fingerprint density at radius 2 is 1.13 bits per heavy atom. The zero-order valence-corrected chi connectivity index (χ0v) is 19.2. The van der Waals surface area contributed by atoms with Crippen molar-refractivity contribution in [3.63, 3.8) is 0 Å². The average molecular weight is 413 g/mol. The Kier molecular flexibility index (Phi) is 6.34. The van der Waals surface area contributed by atoms with Gasteiger partial charge in [0.25, 0.3) is 0 Å². The van der Waals surface area contributed by atoms with Crippen LogP contribution >= 0.6 is 0 Å². The van der Waals surface area contributed by atoms with Crippen molar-refractivity contribution in [1.82, 2.24) is 0 Å². The molecule has 0 spiro atoms. The number of benzene rings is 3. The van der Waals surface area contributed by atoms with E-state index in [1.54, 1.807) is 0 Å². The van der Waals surface area contributed by atoms with Gasteiger partial charge in [-0.25, -0.2) is 0 Å². The van der Waals surface area contributed by atoms with Crippen LogP contribution in [0.1, 0.15) is 68.7 Å². The summed E-state index contributed by atoms with van der Waals surface area (Å²) in [5.41, 5.74) is 4.16. The standard InChI is InChI=1S/C30H36O/c1-29(2,3)25-18-14-23(15-19-25)22-24-16-20-28(21-17-24)30(31,26-10-6-4-7-11-26)27-12-8-5-9-13-27/h4-15,18-19,24,28,31H,16-17,20-22H2,1-3H3. The fourth-order valence-corrected chi connectivity index (χ4v) is 5.28. The molecule has 1 nitrogen and oxygen atoms in total. The van der Waals surface area contributed by atoms with Gasteiger partial charge in [-0.1, -0.05) is 106 Å². The van der Waals surface area contributed by atoms with Gasteiger partial charge in [0.15, 0.2) is 0 Å². The van der Waals surface area contributed by atoms with Crippen molar-refractivity contribution in [3.05, 3.63) is 107 Å². The Hall–Kier alpha value is -2.38. The summed E-state index contributed by atoms with van der Waals surface area (Å²) in [5.74, 6) is 0.948. The fraction of sp³-hybridized carbons (Fsp3) is 0.400. The molecule has 0 aromatic heterocycles. The van der Waals surface area contributed by atoms with Gasteiger partial charge in [-0.05, 0) is 71.6 Å². The Labute approximate surface area is 188 Å². The maximum atomic E-state index is 12.1. The molecule has 162 valence electrons. The summed E-state index contributed by atoms with van der Waals surface area (Å²) >= 11 is 0. The lowest BCUT2D eigenvalue weighted by molar-refractivity contribution is -0.00741. The molecule has 0 heterocycles. The summed E-state index contributed by atoms with van der Waals surface area (Å²) in [6.45, 7) is 6.80. The molecular weight excluding hydrogens is 376 g/mol. The zero-order chi connectivity index (χ0) is 21.9. The SMILES string of the molecule is CC(C)(C)c1ccc(CC2CCC(C(O)(c3ccccc3)c3ccccc3)CC2)cc1. The zero-order valence-electron chi connectivity index (χ0n) is 19.2. The average Bonchev–Trinajstić information content (AvgIpc) is 2.80. The number of aliphatic hydroxyl groups is 1. The highest BCUT2D eigenvalue weighted by molar-refractivity contribution is 5.37. The van der Waals surface area contributed by atoms with E-state index in [2.05, 4.69) is 69.3 Å². The normalized spacial score (nSPS) is 19.9. The Bertz CT molecular complexity index is 903. The van der Waals surface area contributed by atoms with Crippen molar-refractivity contribution in [2.45, 2.75) is 63.9 Å². The second kappa shape index (κ2) is 9.01. The largest absolute Gasteiger partial charge is 0.380 e. The molecule has 0 atom stereocenters. The van der Waals surface area contributed by atoms with Gasteiger partial charge in [-0.15, -0.1) is 0 Å². The van der Waals surface area contributed by atoms with E-state index in [0.717, 1.165) is 30.4 Å². The second-order valence-electron chi connectivity index (χ2n) is 10.4. The predicted molar refractivity (Wildman–Crippen MR) is 130 cm³/mol. The highest BCUT2D eigenvalue weighted by Gasteiger charge is 2.41. The summed E-state index contributed by atoms with van der Waals surface area (Å²) in [6.07, 6.45) is 5.61. The van der Waals surface area contributed by atoms with Gasteiger partial charge in [-0.2, -0.15) is 0 Å². The highest BCUT2D eigenvalue weighted by Crippen LogP contribution is 2.45. The van der Waals surface area contributed by atoms with Crippen LogP contribution in [0.2, 0.25) is 0 Å². The molecule has 0 bridgehead atoms. The second-order valence-corrected chi connectivity index (χ2v) is 10.4. The van der Waals surface area contributed by atoms with Crippen molar-refractivity contribution in [1.29, 1.82) is 0 Å². The lowest BCUT2D eigenvalue weighted by atomic mass is 9.67. The van der Waals surface area contributed by atoms with Gasteiger partial charge >= 0.3 is 0 Å². The Morgan fingerprint density at radius 1 is 0.645 bits per heavy atom. The Balaban J connectivity index is 1.47. The van der Waals surface area contributed by atoms with Gasteiger partial charge in [0.1, 0.15) is 5.60 Å². The van der Waals surface area contributed by atoms with Gasteiger partial charge < -0.3 is 5.11 Å². The van der Waals surface area contributed by atoms with Crippen LogP contribution in [0, 0.1) is 11.8 Å². The van der Waals surface area contributed by atoms with E-state index in [4.69, 9.17) is 0 Å². The predicted octanol–water partition coefficient (Wildman–Crippen LogP) is 7.27. The van der Waals surface area contributed by atoms with Crippen LogP contribution in [-0.4, -0.2) is 5.11 Å². The quantitative estimate of drug-likeness (QED) is 0.467. The number of hydrogen-bond acceptors (Lipinski definition) is 1. The maximum absolute atomic E-state index is 12.1. The number of rotatable bonds is 5. The first-order chi connectivity index (χ1) is 14.9. The summed E-state index contributed by atoms with van der Waals surface area (Å²) in [5, 5.41) is 12.1. The molecular formula is C30H36O. The molecule has 1 N–H and O–H groups in total. The molecule has 0 amide bonds. The molecule has 1 aliphatic rings. The maximum Gasteiger partial charge on any atom is 0.117 e. The van der Waals surface area contributed by atoms with E-state index in [0.29, 0.717) is 5.92 Å². The van der Waals surface area contributed by atoms with E-state index in [9.17, 15) is 5.11 Å². The minimum atomic E-state index is -0.915. The third kappa shape index (κ3) is 4.77. The lowest BCUT2D eigenvalue weighted by Gasteiger charge is -2.41. The summed E-state index contributed by atoms with van der Waals surface area (Å²) in [7, 11) is 0. The first kappa shape index (κ1) is 21.8. The van der Waals surface area contributed by atoms with Crippen LogP contribution in [-0.2, 0) is 17.4 Å². The first-order valence-corrected chi connectivity index (χ1v) is 11.8. The molecule has 1 aliphatic carbocycles. The van der Waals surface area contributed by atoms with Gasteiger partial charge in [0.2, 0.25) is 0 Å². The fourth-order valence-electron chi connectivity index (χ4n) is 5.28. The number of hydrogen-bond donors (Lipinski definition) is 1. The first-order valence-electron chi connectivity index (χ1n) is 11.8. The van der Waals surface area contributed by atoms with Crippen LogP contribution in [0.5, 0.6) is 0 Å². The van der Waals surface area contributed by atoms with Crippen molar-refractivity contribution < 1.29 is 5.11 Å². The van der Waals surface area contributed by atoms with E-state index in [1.807, 2.05) is 36.4 Å². The molecule has 1 heteroatoms. The minimum Gasteiger partial charge on any atom is -0.380 e. The van der Waals surface area contributed by atoms with Crippen LogP contribution in [0.4, 0.5) is 0 Å². The smallest absolute Gasteiger partial charge is 0.117 e. The van der Waals surface area contributed by atoms with E-state index < -0.39 is 5.60 Å². The van der Waals surface area contributed by atoms with Crippen LogP contribution in [0.15, 0.2) is 84.9 Å². The van der Waals surface area contributed by atoms with Crippen LogP contribution < -0.4 is 0 Å². The molecule has 0 saturated heterocycles. The van der Waals surface area contributed by atoms with E-state index in [-0.39, 0.29) is 11.3 Å². The van der Waals surface area contributed by atoms with Gasteiger partial charge in [0.05, 0.1) is 0 Å². The van der Waals surface area contributed by atoms with Crippen molar-refractivity contribution in [2.75, 3.05) is 0 Å². The van der Waals surface area contributed by atoms with E-state index >= 15 is 0 Å². The molecule has 3 aromatic rings. The molecule has 31 heavy (non-hydrogen) atoms. The van der Waals surface area contributed by atoms with Crippen molar-refractivity contribution >= 4 is 0 Å². The lowest BCUT2D eigenvalue weighted by Crippen LogP contribution is -2.38. The molecule has 3 aromatic carbocycles. The minimum absolute atomic E-state index is 0.204. The van der Waals surface area contributed by atoms with Gasteiger partial charge in [0, 0.05) is 0 Å². The monoisotopic (exact) mass is 412 g/mol. The topological polar surface area (TPSA) is 20.2 Å². The highest BCUT2D eigenvalue weighted by atomic mass is 16.3. The van der Waals surface area contributed by atoms with E-state index in [1.165, 1.54) is 24.0 Å². The van der Waals surface area contributed by atoms with Crippen LogP contribution in [0.25, 0.3) is 0 Å². The molecule has 1 fully saturated rings. The van der Waals surface area contributed by atoms with Crippen molar-refractivity contribution in [3.8, 4) is 0 Å². The van der Waals surface area contributed by atoms with Crippen molar-refractivity contribution in [2.24, 2.45) is 11.8 Å².